The van der Waals surface area contributed by atoms with Gasteiger partial charge in [-0.15, -0.1) is 0 Å². The fourth-order valence-electron chi connectivity index (χ4n) is 2.97. The van der Waals surface area contributed by atoms with Crippen LogP contribution in [0.2, 0.25) is 0 Å². The lowest BCUT2D eigenvalue weighted by Gasteiger charge is -2.12. The van der Waals surface area contributed by atoms with Gasteiger partial charge in [-0.2, -0.15) is 0 Å². The molecule has 2 aromatic carbocycles. The molecule has 0 fully saturated rings. The maximum Gasteiger partial charge on any atom is 0.270 e. The molecule has 0 atom stereocenters. The van der Waals surface area contributed by atoms with Gasteiger partial charge in [0.05, 0.1) is 14.2 Å². The number of nitrogens with one attached hydrogen (secondary N) is 2. The number of rotatable bonds is 8. The van der Waals surface area contributed by atoms with Crippen molar-refractivity contribution >= 4 is 17.5 Å². The predicted octanol–water partition coefficient (Wildman–Crippen LogP) is 3.52. The highest BCUT2D eigenvalue weighted by Gasteiger charge is 2.11. The van der Waals surface area contributed by atoms with Crippen molar-refractivity contribution in [3.05, 3.63) is 71.5 Å². The van der Waals surface area contributed by atoms with E-state index in [4.69, 9.17) is 14.2 Å². The van der Waals surface area contributed by atoms with Crippen molar-refractivity contribution in [3.63, 3.8) is 0 Å². The number of benzene rings is 2. The fourth-order valence-corrected chi connectivity index (χ4v) is 2.97. The minimum absolute atomic E-state index is 0.179. The highest BCUT2D eigenvalue weighted by atomic mass is 16.5. The zero-order chi connectivity index (χ0) is 22.4. The zero-order valence-corrected chi connectivity index (χ0v) is 17.9. The molecule has 31 heavy (non-hydrogen) atoms. The number of ether oxygens (including phenoxy) is 3. The summed E-state index contributed by atoms with van der Waals surface area (Å²) in [4.78, 5) is 24.6. The Kier molecular flexibility index (Phi) is 6.81. The number of methoxy groups -OCH3 is 2. The molecule has 0 spiro atoms. The summed E-state index contributed by atoms with van der Waals surface area (Å²) in [6.07, 6.45) is 0. The second-order valence-corrected chi connectivity index (χ2v) is 6.82. The molecule has 0 saturated carbocycles. The summed E-state index contributed by atoms with van der Waals surface area (Å²) in [5.41, 5.74) is 5.76. The van der Waals surface area contributed by atoms with E-state index in [1.165, 1.54) is 7.11 Å². The number of anilines is 1. The standard InChI is InChI=1S/C23H25N3O5/c1-15-5-6-16(2)26(15)25-23(28)17-7-10-19(11-8-17)31-14-22(27)24-18-9-12-20(29-3)21(13-18)30-4/h5-13H,14H2,1-4H3,(H,24,27)(H,25,28). The van der Waals surface area contributed by atoms with E-state index in [-0.39, 0.29) is 18.4 Å². The van der Waals surface area contributed by atoms with Gasteiger partial charge >= 0.3 is 0 Å². The molecule has 0 aliphatic carbocycles. The van der Waals surface area contributed by atoms with Crippen LogP contribution in [-0.4, -0.2) is 37.3 Å². The van der Waals surface area contributed by atoms with Crippen LogP contribution < -0.4 is 25.0 Å². The SMILES string of the molecule is COc1ccc(NC(=O)COc2ccc(C(=O)Nn3c(C)ccc3C)cc2)cc1OC. The van der Waals surface area contributed by atoms with E-state index < -0.39 is 0 Å². The number of aryl methyl sites for hydroxylation is 2. The quantitative estimate of drug-likeness (QED) is 0.579. The maximum atomic E-state index is 12.4. The summed E-state index contributed by atoms with van der Waals surface area (Å²) in [5.74, 6) is 1.00. The Labute approximate surface area is 180 Å². The number of amides is 2. The summed E-state index contributed by atoms with van der Waals surface area (Å²) >= 11 is 0. The van der Waals surface area contributed by atoms with Crippen molar-refractivity contribution in [1.82, 2.24) is 4.68 Å². The molecule has 2 N–H and O–H groups in total. The summed E-state index contributed by atoms with van der Waals surface area (Å²) in [5, 5.41) is 2.74. The number of hydrogen-bond acceptors (Lipinski definition) is 5. The van der Waals surface area contributed by atoms with E-state index in [2.05, 4.69) is 10.7 Å². The molecule has 3 aromatic rings. The van der Waals surface area contributed by atoms with Gasteiger partial charge in [-0.25, -0.2) is 0 Å². The predicted molar refractivity (Wildman–Crippen MR) is 118 cm³/mol. The Balaban J connectivity index is 1.54. The first-order valence-electron chi connectivity index (χ1n) is 9.62. The number of carbonyl (C=O) groups excluding carboxylic acids is 2. The van der Waals surface area contributed by atoms with Crippen LogP contribution in [0.15, 0.2) is 54.6 Å². The number of nitrogens with zero attached hydrogens (tertiary/aromatic N) is 1. The van der Waals surface area contributed by atoms with Crippen molar-refractivity contribution in [1.29, 1.82) is 0 Å². The molecule has 162 valence electrons. The molecule has 0 bridgehead atoms. The van der Waals surface area contributed by atoms with Crippen molar-refractivity contribution in [3.8, 4) is 17.2 Å². The summed E-state index contributed by atoms with van der Waals surface area (Å²) in [7, 11) is 3.07. The van der Waals surface area contributed by atoms with Gasteiger partial charge in [0.15, 0.2) is 18.1 Å². The van der Waals surface area contributed by atoms with Gasteiger partial charge in [0.2, 0.25) is 0 Å². The van der Waals surface area contributed by atoms with Gasteiger partial charge in [0.25, 0.3) is 11.8 Å². The molecule has 2 amide bonds. The van der Waals surface area contributed by atoms with Crippen LogP contribution in [-0.2, 0) is 4.79 Å². The third kappa shape index (κ3) is 5.36. The van der Waals surface area contributed by atoms with E-state index in [0.717, 1.165) is 11.4 Å². The smallest absolute Gasteiger partial charge is 0.270 e. The minimum atomic E-state index is -0.326. The summed E-state index contributed by atoms with van der Waals surface area (Å²) in [6, 6.07) is 15.5. The Morgan fingerprint density at radius 1 is 0.871 bits per heavy atom. The Morgan fingerprint density at radius 3 is 2.13 bits per heavy atom. The molecule has 8 heteroatoms. The summed E-state index contributed by atoms with van der Waals surface area (Å²) < 4.78 is 17.6. The van der Waals surface area contributed by atoms with Crippen LogP contribution in [0.25, 0.3) is 0 Å². The minimum Gasteiger partial charge on any atom is -0.493 e. The molecule has 0 saturated heterocycles. The lowest BCUT2D eigenvalue weighted by atomic mass is 10.2. The van der Waals surface area contributed by atoms with Crippen LogP contribution in [0, 0.1) is 13.8 Å². The molecule has 1 aromatic heterocycles. The molecule has 0 radical (unpaired) electrons. The number of carbonyl (C=O) groups is 2. The zero-order valence-electron chi connectivity index (χ0n) is 17.9. The average Bonchev–Trinajstić information content (AvgIpc) is 3.10. The Hall–Kier alpha value is -3.94. The molecular weight excluding hydrogens is 398 g/mol. The lowest BCUT2D eigenvalue weighted by molar-refractivity contribution is -0.118. The first-order chi connectivity index (χ1) is 14.9. The Morgan fingerprint density at radius 2 is 1.52 bits per heavy atom. The molecule has 0 aliphatic rings. The van der Waals surface area contributed by atoms with Crippen molar-refractivity contribution < 1.29 is 23.8 Å². The first kappa shape index (κ1) is 21.8. The van der Waals surface area contributed by atoms with Crippen LogP contribution in [0.3, 0.4) is 0 Å². The van der Waals surface area contributed by atoms with E-state index in [1.54, 1.807) is 54.3 Å². The normalized spacial score (nSPS) is 10.3. The van der Waals surface area contributed by atoms with E-state index in [9.17, 15) is 9.59 Å². The molecule has 3 rings (SSSR count). The first-order valence-corrected chi connectivity index (χ1v) is 9.62. The van der Waals surface area contributed by atoms with Gasteiger partial charge in [-0.1, -0.05) is 0 Å². The topological polar surface area (TPSA) is 90.8 Å². The number of aromatic nitrogens is 1. The summed E-state index contributed by atoms with van der Waals surface area (Å²) in [6.45, 7) is 3.65. The molecule has 1 heterocycles. The Bertz CT molecular complexity index is 1050. The highest BCUT2D eigenvalue weighted by Crippen LogP contribution is 2.29. The fraction of sp³-hybridized carbons (Fsp3) is 0.217. The second kappa shape index (κ2) is 9.71. The van der Waals surface area contributed by atoms with E-state index in [0.29, 0.717) is 28.5 Å². The largest absolute Gasteiger partial charge is 0.493 e. The third-order valence-corrected chi connectivity index (χ3v) is 4.64. The lowest BCUT2D eigenvalue weighted by Crippen LogP contribution is -2.24. The van der Waals surface area contributed by atoms with Gasteiger partial charge in [-0.05, 0) is 62.4 Å². The average molecular weight is 423 g/mol. The monoisotopic (exact) mass is 423 g/mol. The number of hydrogen-bond donors (Lipinski definition) is 2. The second-order valence-electron chi connectivity index (χ2n) is 6.82. The van der Waals surface area contributed by atoms with Gasteiger partial charge in [0, 0.05) is 28.7 Å². The van der Waals surface area contributed by atoms with Crippen molar-refractivity contribution in [2.24, 2.45) is 0 Å². The highest BCUT2D eigenvalue weighted by molar-refractivity contribution is 6.00. The van der Waals surface area contributed by atoms with E-state index in [1.807, 2.05) is 26.0 Å². The van der Waals surface area contributed by atoms with Crippen LogP contribution in [0.5, 0.6) is 17.2 Å². The van der Waals surface area contributed by atoms with Gasteiger partial charge in [0.1, 0.15) is 5.75 Å². The van der Waals surface area contributed by atoms with Crippen molar-refractivity contribution in [2.75, 3.05) is 31.6 Å². The molecule has 8 nitrogen and oxygen atoms in total. The maximum absolute atomic E-state index is 12.4. The van der Waals surface area contributed by atoms with Gasteiger partial charge < -0.3 is 19.5 Å². The van der Waals surface area contributed by atoms with Crippen LogP contribution in [0.4, 0.5) is 5.69 Å². The molecule has 0 aliphatic heterocycles. The van der Waals surface area contributed by atoms with E-state index >= 15 is 0 Å². The molecular formula is C23H25N3O5. The molecule has 0 unspecified atom stereocenters. The third-order valence-electron chi connectivity index (χ3n) is 4.64. The van der Waals surface area contributed by atoms with Crippen LogP contribution in [0.1, 0.15) is 21.7 Å². The van der Waals surface area contributed by atoms with Gasteiger partial charge in [-0.3, -0.25) is 19.7 Å². The van der Waals surface area contributed by atoms with Crippen molar-refractivity contribution in [2.45, 2.75) is 13.8 Å². The van der Waals surface area contributed by atoms with Crippen LogP contribution >= 0.6 is 0 Å².